The molecular formula is C17H15ClN2O. The highest BCUT2D eigenvalue weighted by Gasteiger charge is 2.11. The molecule has 0 amide bonds. The van der Waals surface area contributed by atoms with E-state index in [4.69, 9.17) is 11.6 Å². The second-order valence-electron chi connectivity index (χ2n) is 4.95. The molecular weight excluding hydrogens is 284 g/mol. The highest BCUT2D eigenvalue weighted by atomic mass is 35.5. The van der Waals surface area contributed by atoms with Gasteiger partial charge in [0.05, 0.1) is 18.0 Å². The van der Waals surface area contributed by atoms with Gasteiger partial charge in [-0.05, 0) is 31.2 Å². The molecule has 3 rings (SSSR count). The first-order chi connectivity index (χ1) is 10.2. The average Bonchev–Trinajstić information content (AvgIpc) is 2.93. The normalized spacial score (nSPS) is 10.8. The van der Waals surface area contributed by atoms with Crippen molar-refractivity contribution in [1.29, 1.82) is 0 Å². The molecule has 3 aromatic rings. The van der Waals surface area contributed by atoms with Crippen LogP contribution in [0.2, 0.25) is 5.02 Å². The Kier molecular flexibility index (Phi) is 3.78. The summed E-state index contributed by atoms with van der Waals surface area (Å²) in [5.74, 6) is 0. The highest BCUT2D eigenvalue weighted by Crippen LogP contribution is 2.24. The fraction of sp³-hybridized carbons (Fsp3) is 0.118. The van der Waals surface area contributed by atoms with Crippen molar-refractivity contribution in [2.24, 2.45) is 0 Å². The molecule has 0 bridgehead atoms. The van der Waals surface area contributed by atoms with Gasteiger partial charge in [0.25, 0.3) is 0 Å². The largest absolute Gasteiger partial charge is 0.392 e. The van der Waals surface area contributed by atoms with Crippen molar-refractivity contribution < 1.29 is 5.11 Å². The summed E-state index contributed by atoms with van der Waals surface area (Å²) < 4.78 is 1.76. The monoisotopic (exact) mass is 298 g/mol. The highest BCUT2D eigenvalue weighted by molar-refractivity contribution is 6.30. The molecule has 0 spiro atoms. The maximum absolute atomic E-state index is 9.56. The average molecular weight is 299 g/mol. The van der Waals surface area contributed by atoms with Crippen molar-refractivity contribution in [2.75, 3.05) is 0 Å². The lowest BCUT2D eigenvalue weighted by Gasteiger charge is -2.01. The molecule has 3 nitrogen and oxygen atoms in total. The van der Waals surface area contributed by atoms with Crippen LogP contribution in [-0.4, -0.2) is 14.9 Å². The maximum atomic E-state index is 9.56. The lowest BCUT2D eigenvalue weighted by molar-refractivity contribution is 0.282. The van der Waals surface area contributed by atoms with Gasteiger partial charge in [-0.1, -0.05) is 41.4 Å². The Labute approximate surface area is 128 Å². The van der Waals surface area contributed by atoms with Crippen LogP contribution in [0.25, 0.3) is 16.9 Å². The minimum atomic E-state index is -0.0448. The standard InChI is InChI=1S/C17H15ClN2O/c1-12-2-4-13(5-3-12)17-14(11-21)10-20(19-17)16-8-6-15(18)7-9-16/h2-10,21H,11H2,1H3. The number of aliphatic hydroxyl groups excluding tert-OH is 1. The van der Waals surface area contributed by atoms with Crippen molar-refractivity contribution in [3.05, 3.63) is 70.9 Å². The fourth-order valence-corrected chi connectivity index (χ4v) is 2.33. The Bertz CT molecular complexity index is 745. The topological polar surface area (TPSA) is 38.0 Å². The molecule has 0 saturated heterocycles. The fourth-order valence-electron chi connectivity index (χ4n) is 2.21. The van der Waals surface area contributed by atoms with Crippen molar-refractivity contribution in [3.8, 4) is 16.9 Å². The number of hydrogen-bond acceptors (Lipinski definition) is 2. The molecule has 0 radical (unpaired) electrons. The predicted molar refractivity (Wildman–Crippen MR) is 84.7 cm³/mol. The Morgan fingerprint density at radius 1 is 1.05 bits per heavy atom. The van der Waals surface area contributed by atoms with E-state index in [9.17, 15) is 5.11 Å². The van der Waals surface area contributed by atoms with E-state index < -0.39 is 0 Å². The number of aromatic nitrogens is 2. The molecule has 2 aromatic carbocycles. The molecule has 0 atom stereocenters. The van der Waals surface area contributed by atoms with E-state index in [1.807, 2.05) is 61.7 Å². The summed E-state index contributed by atoms with van der Waals surface area (Å²) in [5.41, 5.74) is 4.70. The van der Waals surface area contributed by atoms with Gasteiger partial charge in [0.15, 0.2) is 0 Å². The maximum Gasteiger partial charge on any atom is 0.0982 e. The summed E-state index contributed by atoms with van der Waals surface area (Å²) in [4.78, 5) is 0. The van der Waals surface area contributed by atoms with Crippen molar-refractivity contribution in [1.82, 2.24) is 9.78 Å². The number of hydrogen-bond donors (Lipinski definition) is 1. The number of aryl methyl sites for hydroxylation is 1. The van der Waals surface area contributed by atoms with E-state index in [0.29, 0.717) is 5.02 Å². The van der Waals surface area contributed by atoms with Crippen LogP contribution in [0, 0.1) is 6.92 Å². The molecule has 0 aliphatic heterocycles. The Morgan fingerprint density at radius 3 is 2.33 bits per heavy atom. The number of halogens is 1. The molecule has 0 fully saturated rings. The van der Waals surface area contributed by atoms with Crippen LogP contribution < -0.4 is 0 Å². The number of rotatable bonds is 3. The number of benzene rings is 2. The molecule has 1 aromatic heterocycles. The van der Waals surface area contributed by atoms with Crippen molar-refractivity contribution in [2.45, 2.75) is 13.5 Å². The van der Waals surface area contributed by atoms with E-state index in [2.05, 4.69) is 5.10 Å². The first-order valence-corrected chi connectivity index (χ1v) is 7.07. The van der Waals surface area contributed by atoms with Gasteiger partial charge in [-0.25, -0.2) is 4.68 Å². The van der Waals surface area contributed by atoms with Crippen LogP contribution >= 0.6 is 11.6 Å². The molecule has 1 N–H and O–H groups in total. The Balaban J connectivity index is 2.05. The van der Waals surface area contributed by atoms with Gasteiger partial charge in [0.2, 0.25) is 0 Å². The Morgan fingerprint density at radius 2 is 1.71 bits per heavy atom. The summed E-state index contributed by atoms with van der Waals surface area (Å²) in [6.45, 7) is 2.00. The van der Waals surface area contributed by atoms with Crippen LogP contribution in [0.1, 0.15) is 11.1 Å². The third-order valence-electron chi connectivity index (χ3n) is 3.38. The van der Waals surface area contributed by atoms with E-state index >= 15 is 0 Å². The van der Waals surface area contributed by atoms with Gasteiger partial charge in [0.1, 0.15) is 0 Å². The SMILES string of the molecule is Cc1ccc(-c2nn(-c3ccc(Cl)cc3)cc2CO)cc1. The zero-order valence-electron chi connectivity index (χ0n) is 11.6. The summed E-state index contributed by atoms with van der Waals surface area (Å²) in [7, 11) is 0. The summed E-state index contributed by atoms with van der Waals surface area (Å²) in [6, 6.07) is 15.6. The van der Waals surface area contributed by atoms with Crippen LogP contribution in [0.3, 0.4) is 0 Å². The molecule has 0 aliphatic rings. The predicted octanol–water partition coefficient (Wildman–Crippen LogP) is 3.99. The van der Waals surface area contributed by atoms with E-state index in [1.54, 1.807) is 4.68 Å². The number of aliphatic hydroxyl groups is 1. The van der Waals surface area contributed by atoms with Crippen LogP contribution in [0.5, 0.6) is 0 Å². The summed E-state index contributed by atoms with van der Waals surface area (Å²) >= 11 is 5.90. The van der Waals surface area contributed by atoms with E-state index in [1.165, 1.54) is 5.56 Å². The Hall–Kier alpha value is -2.10. The lowest BCUT2D eigenvalue weighted by Crippen LogP contribution is -1.94. The minimum absolute atomic E-state index is 0.0448. The van der Waals surface area contributed by atoms with Gasteiger partial charge in [-0.2, -0.15) is 5.10 Å². The van der Waals surface area contributed by atoms with Crippen LogP contribution in [0.15, 0.2) is 54.7 Å². The quantitative estimate of drug-likeness (QED) is 0.794. The molecule has 0 saturated carbocycles. The summed E-state index contributed by atoms with van der Waals surface area (Å²) in [6.07, 6.45) is 1.85. The number of nitrogens with zero attached hydrogens (tertiary/aromatic N) is 2. The first kappa shape index (κ1) is 13.9. The van der Waals surface area contributed by atoms with E-state index in [-0.39, 0.29) is 6.61 Å². The molecule has 21 heavy (non-hydrogen) atoms. The second kappa shape index (κ2) is 5.72. The van der Waals surface area contributed by atoms with Crippen molar-refractivity contribution >= 4 is 11.6 Å². The zero-order valence-corrected chi connectivity index (χ0v) is 12.4. The molecule has 106 valence electrons. The van der Waals surface area contributed by atoms with Gasteiger partial charge >= 0.3 is 0 Å². The van der Waals surface area contributed by atoms with Gasteiger partial charge in [-0.3, -0.25) is 0 Å². The molecule has 0 unspecified atom stereocenters. The minimum Gasteiger partial charge on any atom is -0.392 e. The molecule has 0 aliphatic carbocycles. The summed E-state index contributed by atoms with van der Waals surface area (Å²) in [5, 5.41) is 14.8. The van der Waals surface area contributed by atoms with Crippen LogP contribution in [0.4, 0.5) is 0 Å². The molecule has 1 heterocycles. The van der Waals surface area contributed by atoms with Crippen LogP contribution in [-0.2, 0) is 6.61 Å². The van der Waals surface area contributed by atoms with Gasteiger partial charge in [0, 0.05) is 22.3 Å². The lowest BCUT2D eigenvalue weighted by atomic mass is 10.1. The zero-order chi connectivity index (χ0) is 14.8. The second-order valence-corrected chi connectivity index (χ2v) is 5.38. The third-order valence-corrected chi connectivity index (χ3v) is 3.63. The van der Waals surface area contributed by atoms with Crippen molar-refractivity contribution in [3.63, 3.8) is 0 Å². The van der Waals surface area contributed by atoms with Gasteiger partial charge < -0.3 is 5.11 Å². The van der Waals surface area contributed by atoms with E-state index in [0.717, 1.165) is 22.5 Å². The van der Waals surface area contributed by atoms with Gasteiger partial charge in [-0.15, -0.1) is 0 Å². The molecule has 4 heteroatoms. The first-order valence-electron chi connectivity index (χ1n) is 6.70. The third kappa shape index (κ3) is 2.84. The smallest absolute Gasteiger partial charge is 0.0982 e.